The second-order valence-corrected chi connectivity index (χ2v) is 8.16. The van der Waals surface area contributed by atoms with E-state index in [1.165, 1.54) is 12.1 Å². The van der Waals surface area contributed by atoms with E-state index in [1.54, 1.807) is 52.0 Å². The molecule has 0 atom stereocenters. The summed E-state index contributed by atoms with van der Waals surface area (Å²) in [4.78, 5) is 27.7. The molecule has 2 amide bonds. The van der Waals surface area contributed by atoms with Gasteiger partial charge in [-0.25, -0.2) is 9.07 Å². The van der Waals surface area contributed by atoms with Gasteiger partial charge < -0.3 is 10.2 Å². The second kappa shape index (κ2) is 11.2. The first-order valence-electron chi connectivity index (χ1n) is 11.6. The zero-order valence-corrected chi connectivity index (χ0v) is 19.5. The predicted molar refractivity (Wildman–Crippen MR) is 135 cm³/mol. The molecule has 178 valence electrons. The van der Waals surface area contributed by atoms with E-state index in [9.17, 15) is 14.0 Å². The molecular formula is C28H27FN4O2. The number of carbonyl (C=O) groups excluding carboxylic acids is 2. The highest BCUT2D eigenvalue weighted by molar-refractivity contribution is 5.99. The summed E-state index contributed by atoms with van der Waals surface area (Å²) in [6.07, 6.45) is 1.69. The molecule has 4 aromatic rings. The number of nitrogens with zero attached hydrogens (tertiary/aromatic N) is 3. The summed E-state index contributed by atoms with van der Waals surface area (Å²) < 4.78 is 15.1. The molecule has 0 fully saturated rings. The van der Waals surface area contributed by atoms with Crippen molar-refractivity contribution in [1.29, 1.82) is 0 Å². The molecule has 0 spiro atoms. The molecular weight excluding hydrogens is 443 g/mol. The van der Waals surface area contributed by atoms with Crippen LogP contribution in [0.3, 0.4) is 0 Å². The van der Waals surface area contributed by atoms with Crippen molar-refractivity contribution in [2.45, 2.75) is 19.8 Å². The number of carbonyl (C=O) groups is 2. The summed E-state index contributed by atoms with van der Waals surface area (Å²) >= 11 is 0. The van der Waals surface area contributed by atoms with Crippen molar-refractivity contribution in [3.63, 3.8) is 0 Å². The fourth-order valence-corrected chi connectivity index (χ4v) is 3.72. The first-order valence-corrected chi connectivity index (χ1v) is 11.6. The van der Waals surface area contributed by atoms with E-state index in [0.29, 0.717) is 29.3 Å². The Morgan fingerprint density at radius 1 is 0.943 bits per heavy atom. The Kier molecular flexibility index (Phi) is 7.67. The molecule has 3 aromatic carbocycles. The van der Waals surface area contributed by atoms with Crippen molar-refractivity contribution >= 4 is 17.6 Å². The minimum atomic E-state index is -0.360. The number of rotatable bonds is 9. The fraction of sp³-hybridized carbons (Fsp3) is 0.179. The summed E-state index contributed by atoms with van der Waals surface area (Å²) in [5.41, 5.74) is 2.69. The third-order valence-electron chi connectivity index (χ3n) is 5.54. The first kappa shape index (κ1) is 23.9. The van der Waals surface area contributed by atoms with Crippen LogP contribution in [0.5, 0.6) is 0 Å². The molecule has 0 aliphatic heterocycles. The molecule has 0 radical (unpaired) electrons. The van der Waals surface area contributed by atoms with E-state index in [0.717, 1.165) is 18.4 Å². The number of hydrogen-bond donors (Lipinski definition) is 1. The second-order valence-electron chi connectivity index (χ2n) is 8.16. The van der Waals surface area contributed by atoms with Crippen molar-refractivity contribution in [3.8, 4) is 16.9 Å². The molecule has 0 bridgehead atoms. The lowest BCUT2D eigenvalue weighted by Gasteiger charge is -2.22. The summed E-state index contributed by atoms with van der Waals surface area (Å²) in [5, 5.41) is 7.54. The lowest BCUT2D eigenvalue weighted by atomic mass is 10.1. The van der Waals surface area contributed by atoms with Crippen LogP contribution in [0.25, 0.3) is 16.9 Å². The van der Waals surface area contributed by atoms with Crippen molar-refractivity contribution in [1.82, 2.24) is 14.7 Å². The van der Waals surface area contributed by atoms with Gasteiger partial charge in [-0.2, -0.15) is 5.10 Å². The third-order valence-corrected chi connectivity index (χ3v) is 5.54. The van der Waals surface area contributed by atoms with Crippen LogP contribution >= 0.6 is 0 Å². The van der Waals surface area contributed by atoms with Crippen LogP contribution in [0.15, 0.2) is 91.0 Å². The lowest BCUT2D eigenvalue weighted by Crippen LogP contribution is -2.38. The van der Waals surface area contributed by atoms with E-state index in [1.807, 2.05) is 43.3 Å². The van der Waals surface area contributed by atoms with Gasteiger partial charge in [-0.15, -0.1) is 0 Å². The summed E-state index contributed by atoms with van der Waals surface area (Å²) in [6, 6.07) is 26.2. The molecule has 0 saturated carbocycles. The monoisotopic (exact) mass is 470 g/mol. The molecule has 35 heavy (non-hydrogen) atoms. The van der Waals surface area contributed by atoms with Gasteiger partial charge in [0.05, 0.1) is 11.4 Å². The van der Waals surface area contributed by atoms with Gasteiger partial charge in [0, 0.05) is 23.7 Å². The van der Waals surface area contributed by atoms with E-state index < -0.39 is 0 Å². The summed E-state index contributed by atoms with van der Waals surface area (Å²) in [7, 11) is 0. The van der Waals surface area contributed by atoms with Gasteiger partial charge in [-0.3, -0.25) is 9.59 Å². The predicted octanol–water partition coefficient (Wildman–Crippen LogP) is 5.56. The Balaban J connectivity index is 1.59. The highest BCUT2D eigenvalue weighted by atomic mass is 19.1. The Morgan fingerprint density at radius 3 is 2.26 bits per heavy atom. The van der Waals surface area contributed by atoms with E-state index in [2.05, 4.69) is 10.4 Å². The maximum Gasteiger partial charge on any atom is 0.254 e. The van der Waals surface area contributed by atoms with Gasteiger partial charge in [0.2, 0.25) is 5.91 Å². The summed E-state index contributed by atoms with van der Waals surface area (Å²) in [6.45, 7) is 2.42. The average Bonchev–Trinajstić information content (AvgIpc) is 3.31. The van der Waals surface area contributed by atoms with Gasteiger partial charge in [0.15, 0.2) is 0 Å². The first-order chi connectivity index (χ1) is 17.0. The van der Waals surface area contributed by atoms with Crippen LogP contribution < -0.4 is 5.32 Å². The third kappa shape index (κ3) is 6.00. The molecule has 1 heterocycles. The van der Waals surface area contributed by atoms with Crippen LogP contribution in [0, 0.1) is 5.82 Å². The standard InChI is InChI=1S/C28H27FN4O2/c1-2-3-18-32(28(35)22-12-8-5-9-13-22)20-27(34)30-26-19-25(21-10-6-4-7-11-21)31-33(26)24-16-14-23(29)15-17-24/h4-17,19H,2-3,18,20H2,1H3,(H,30,34). The van der Waals surface area contributed by atoms with Gasteiger partial charge in [-0.1, -0.05) is 61.9 Å². The Labute approximate surface area is 204 Å². The summed E-state index contributed by atoms with van der Waals surface area (Å²) in [5.74, 6) is -0.455. The Morgan fingerprint density at radius 2 is 1.60 bits per heavy atom. The number of aromatic nitrogens is 2. The highest BCUT2D eigenvalue weighted by Crippen LogP contribution is 2.25. The van der Waals surface area contributed by atoms with E-state index in [-0.39, 0.29) is 24.2 Å². The van der Waals surface area contributed by atoms with Crippen molar-refractivity contribution < 1.29 is 14.0 Å². The minimum Gasteiger partial charge on any atom is -0.329 e. The number of nitrogens with one attached hydrogen (secondary N) is 1. The highest BCUT2D eigenvalue weighted by Gasteiger charge is 2.20. The van der Waals surface area contributed by atoms with Gasteiger partial charge in [0.1, 0.15) is 18.2 Å². The van der Waals surface area contributed by atoms with E-state index in [4.69, 9.17) is 0 Å². The van der Waals surface area contributed by atoms with Crippen LogP contribution in [0.1, 0.15) is 30.1 Å². The maximum atomic E-state index is 13.5. The molecule has 0 aliphatic rings. The molecule has 0 unspecified atom stereocenters. The fourth-order valence-electron chi connectivity index (χ4n) is 3.72. The zero-order valence-electron chi connectivity index (χ0n) is 19.5. The molecule has 1 N–H and O–H groups in total. The zero-order chi connectivity index (χ0) is 24.6. The molecule has 0 aliphatic carbocycles. The quantitative estimate of drug-likeness (QED) is 0.348. The Bertz CT molecular complexity index is 1270. The number of amides is 2. The number of unbranched alkanes of at least 4 members (excludes halogenated alkanes) is 1. The lowest BCUT2D eigenvalue weighted by molar-refractivity contribution is -0.116. The number of anilines is 1. The maximum absolute atomic E-state index is 13.5. The molecule has 4 rings (SSSR count). The van der Waals surface area contributed by atoms with Gasteiger partial charge in [-0.05, 0) is 42.8 Å². The number of halogens is 1. The SMILES string of the molecule is CCCCN(CC(=O)Nc1cc(-c2ccccc2)nn1-c1ccc(F)cc1)C(=O)c1ccccc1. The largest absolute Gasteiger partial charge is 0.329 e. The Hall–Kier alpha value is -4.26. The minimum absolute atomic E-state index is 0.0943. The van der Waals surface area contributed by atoms with Crippen molar-refractivity contribution in [2.75, 3.05) is 18.4 Å². The molecule has 1 aromatic heterocycles. The topological polar surface area (TPSA) is 67.2 Å². The number of benzene rings is 3. The number of hydrogen-bond acceptors (Lipinski definition) is 3. The van der Waals surface area contributed by atoms with Crippen molar-refractivity contribution in [2.24, 2.45) is 0 Å². The van der Waals surface area contributed by atoms with Gasteiger partial charge >= 0.3 is 0 Å². The average molecular weight is 471 g/mol. The van der Waals surface area contributed by atoms with E-state index >= 15 is 0 Å². The smallest absolute Gasteiger partial charge is 0.254 e. The van der Waals surface area contributed by atoms with Crippen LogP contribution in [-0.2, 0) is 4.79 Å². The van der Waals surface area contributed by atoms with Crippen LogP contribution in [0.2, 0.25) is 0 Å². The normalized spacial score (nSPS) is 10.7. The molecule has 6 nitrogen and oxygen atoms in total. The molecule has 0 saturated heterocycles. The van der Waals surface area contributed by atoms with Crippen LogP contribution in [-0.4, -0.2) is 39.6 Å². The van der Waals surface area contributed by atoms with Crippen LogP contribution in [0.4, 0.5) is 10.2 Å². The molecule has 7 heteroatoms. The van der Waals surface area contributed by atoms with Gasteiger partial charge in [0.25, 0.3) is 5.91 Å². The van der Waals surface area contributed by atoms with Crippen molar-refractivity contribution in [3.05, 3.63) is 102 Å².